The number of anilines is 1. The number of likely N-dealkylation sites (tertiary alicyclic amines) is 1. The van der Waals surface area contributed by atoms with Crippen LogP contribution in [0.4, 0.5) is 5.69 Å². The maximum atomic E-state index is 12.9. The van der Waals surface area contributed by atoms with Crippen LogP contribution in [0, 0.1) is 5.92 Å². The van der Waals surface area contributed by atoms with Crippen molar-refractivity contribution in [2.45, 2.75) is 51.0 Å². The number of amides is 1. The van der Waals surface area contributed by atoms with Gasteiger partial charge in [0.1, 0.15) is 0 Å². The first-order valence-corrected chi connectivity index (χ1v) is 8.51. The molecule has 1 aromatic rings. The largest absolute Gasteiger partial charge is 0.384 e. The topological polar surface area (TPSA) is 32.3 Å². The van der Waals surface area contributed by atoms with E-state index in [2.05, 4.69) is 22.3 Å². The summed E-state index contributed by atoms with van der Waals surface area (Å²) < 4.78 is 0. The zero-order chi connectivity index (χ0) is 14.2. The molecular formula is C18H25ClN2O. The van der Waals surface area contributed by atoms with Crippen LogP contribution in [0.25, 0.3) is 0 Å². The van der Waals surface area contributed by atoms with Gasteiger partial charge in [-0.3, -0.25) is 4.79 Å². The van der Waals surface area contributed by atoms with Crippen LogP contribution in [0.15, 0.2) is 18.2 Å². The van der Waals surface area contributed by atoms with Crippen LogP contribution >= 0.6 is 12.4 Å². The highest BCUT2D eigenvalue weighted by Crippen LogP contribution is 2.36. The lowest BCUT2D eigenvalue weighted by Gasteiger charge is -2.29. The van der Waals surface area contributed by atoms with Crippen LogP contribution in [0.3, 0.4) is 0 Å². The molecule has 1 saturated heterocycles. The van der Waals surface area contributed by atoms with E-state index < -0.39 is 0 Å². The van der Waals surface area contributed by atoms with E-state index in [-0.39, 0.29) is 18.3 Å². The zero-order valence-electron chi connectivity index (χ0n) is 13.0. The second kappa shape index (κ2) is 6.49. The summed E-state index contributed by atoms with van der Waals surface area (Å²) in [6.45, 7) is 1.96. The van der Waals surface area contributed by atoms with Crippen LogP contribution in [-0.4, -0.2) is 29.9 Å². The van der Waals surface area contributed by atoms with E-state index in [1.165, 1.54) is 49.8 Å². The van der Waals surface area contributed by atoms with Gasteiger partial charge >= 0.3 is 0 Å². The fourth-order valence-corrected chi connectivity index (χ4v) is 4.48. The number of halogens is 1. The highest BCUT2D eigenvalue weighted by molar-refractivity contribution is 5.95. The molecule has 2 aliphatic heterocycles. The second-order valence-corrected chi connectivity index (χ2v) is 6.80. The number of hydrogen-bond acceptors (Lipinski definition) is 2. The average Bonchev–Trinajstić information content (AvgIpc) is 3.24. The molecule has 0 spiro atoms. The third-order valence-corrected chi connectivity index (χ3v) is 5.57. The summed E-state index contributed by atoms with van der Waals surface area (Å²) in [7, 11) is 0. The molecule has 1 atom stereocenters. The molecule has 2 fully saturated rings. The number of fused-ring (bicyclic) bond motifs is 1. The lowest BCUT2D eigenvalue weighted by Crippen LogP contribution is -2.39. The molecule has 1 aliphatic carbocycles. The Bertz CT molecular complexity index is 554. The minimum absolute atomic E-state index is 0. The smallest absolute Gasteiger partial charge is 0.254 e. The van der Waals surface area contributed by atoms with Crippen molar-refractivity contribution < 1.29 is 4.79 Å². The van der Waals surface area contributed by atoms with E-state index in [1.54, 1.807) is 0 Å². The first-order chi connectivity index (χ1) is 10.3. The van der Waals surface area contributed by atoms with Crippen LogP contribution < -0.4 is 5.32 Å². The molecule has 1 N–H and O–H groups in total. The Kier molecular flexibility index (Phi) is 4.62. The summed E-state index contributed by atoms with van der Waals surface area (Å²) in [4.78, 5) is 15.1. The highest BCUT2D eigenvalue weighted by atomic mass is 35.5. The van der Waals surface area contributed by atoms with Gasteiger partial charge in [-0.05, 0) is 61.8 Å². The van der Waals surface area contributed by atoms with Crippen molar-refractivity contribution in [2.24, 2.45) is 5.92 Å². The van der Waals surface area contributed by atoms with E-state index in [0.717, 1.165) is 31.0 Å². The first kappa shape index (κ1) is 15.7. The molecule has 0 radical (unpaired) electrons. The Balaban J connectivity index is 0.00000144. The zero-order valence-corrected chi connectivity index (χ0v) is 13.8. The third kappa shape index (κ3) is 2.71. The van der Waals surface area contributed by atoms with Crippen LogP contribution in [0.2, 0.25) is 0 Å². The van der Waals surface area contributed by atoms with Gasteiger partial charge in [-0.2, -0.15) is 0 Å². The van der Waals surface area contributed by atoms with Gasteiger partial charge < -0.3 is 10.2 Å². The molecule has 1 saturated carbocycles. The minimum Gasteiger partial charge on any atom is -0.384 e. The fourth-order valence-electron chi connectivity index (χ4n) is 4.48. The maximum absolute atomic E-state index is 12.9. The minimum atomic E-state index is 0. The van der Waals surface area contributed by atoms with Gasteiger partial charge in [0.05, 0.1) is 0 Å². The van der Waals surface area contributed by atoms with Gasteiger partial charge in [0.2, 0.25) is 0 Å². The quantitative estimate of drug-likeness (QED) is 0.897. The Labute approximate surface area is 138 Å². The number of carbonyl (C=O) groups is 1. The molecule has 1 amide bonds. The molecule has 1 aromatic carbocycles. The van der Waals surface area contributed by atoms with Crippen LogP contribution in [-0.2, 0) is 6.42 Å². The molecule has 4 rings (SSSR count). The van der Waals surface area contributed by atoms with Crippen molar-refractivity contribution in [1.82, 2.24) is 4.90 Å². The maximum Gasteiger partial charge on any atom is 0.254 e. The standard InChI is InChI=1S/C18H24N2O.ClH/c21-18(15-7-8-16-14(12-15)9-10-19-16)20-11-3-6-17(20)13-4-1-2-5-13;/h7-8,12-13,17,19H,1-6,9-11H2;1H. The summed E-state index contributed by atoms with van der Waals surface area (Å²) in [5, 5.41) is 3.36. The van der Waals surface area contributed by atoms with Crippen molar-refractivity contribution >= 4 is 24.0 Å². The summed E-state index contributed by atoms with van der Waals surface area (Å²) in [5.74, 6) is 1.02. The van der Waals surface area contributed by atoms with Crippen molar-refractivity contribution in [3.05, 3.63) is 29.3 Å². The number of rotatable bonds is 2. The van der Waals surface area contributed by atoms with Gasteiger partial charge in [-0.25, -0.2) is 0 Å². The number of nitrogens with one attached hydrogen (secondary N) is 1. The predicted octanol–water partition coefficient (Wildman–Crippen LogP) is 3.87. The van der Waals surface area contributed by atoms with Gasteiger partial charge in [0.15, 0.2) is 0 Å². The van der Waals surface area contributed by atoms with Gasteiger partial charge in [-0.1, -0.05) is 12.8 Å². The van der Waals surface area contributed by atoms with Crippen molar-refractivity contribution in [3.8, 4) is 0 Å². The second-order valence-electron chi connectivity index (χ2n) is 6.80. The summed E-state index contributed by atoms with van der Waals surface area (Å²) in [6, 6.07) is 6.70. The average molecular weight is 321 g/mol. The Morgan fingerprint density at radius 3 is 2.77 bits per heavy atom. The summed E-state index contributed by atoms with van der Waals surface area (Å²) in [5.41, 5.74) is 3.40. The van der Waals surface area contributed by atoms with Crippen LogP contribution in [0.1, 0.15) is 54.4 Å². The molecular weight excluding hydrogens is 296 g/mol. The molecule has 0 aromatic heterocycles. The molecule has 0 bridgehead atoms. The summed E-state index contributed by atoms with van der Waals surface area (Å²) in [6.07, 6.45) is 8.79. The van der Waals surface area contributed by atoms with Gasteiger partial charge in [-0.15, -0.1) is 12.4 Å². The Morgan fingerprint density at radius 2 is 1.95 bits per heavy atom. The van der Waals surface area contributed by atoms with Gasteiger partial charge in [0, 0.05) is 30.4 Å². The molecule has 1 unspecified atom stereocenters. The molecule has 3 nitrogen and oxygen atoms in total. The summed E-state index contributed by atoms with van der Waals surface area (Å²) >= 11 is 0. The van der Waals surface area contributed by atoms with Crippen molar-refractivity contribution in [2.75, 3.05) is 18.4 Å². The highest BCUT2D eigenvalue weighted by Gasteiger charge is 2.36. The normalized spacial score (nSPS) is 24.0. The van der Waals surface area contributed by atoms with E-state index in [0.29, 0.717) is 6.04 Å². The third-order valence-electron chi connectivity index (χ3n) is 5.57. The first-order valence-electron chi connectivity index (χ1n) is 8.51. The number of hydrogen-bond donors (Lipinski definition) is 1. The Morgan fingerprint density at radius 1 is 1.14 bits per heavy atom. The molecule has 120 valence electrons. The molecule has 4 heteroatoms. The molecule has 3 aliphatic rings. The Hall–Kier alpha value is -1.22. The van der Waals surface area contributed by atoms with Crippen molar-refractivity contribution in [1.29, 1.82) is 0 Å². The van der Waals surface area contributed by atoms with Gasteiger partial charge in [0.25, 0.3) is 5.91 Å². The van der Waals surface area contributed by atoms with E-state index >= 15 is 0 Å². The van der Waals surface area contributed by atoms with Crippen LogP contribution in [0.5, 0.6) is 0 Å². The van der Waals surface area contributed by atoms with Crippen molar-refractivity contribution in [3.63, 3.8) is 0 Å². The molecule has 2 heterocycles. The molecule has 22 heavy (non-hydrogen) atoms. The fraction of sp³-hybridized carbons (Fsp3) is 0.611. The number of nitrogens with zero attached hydrogens (tertiary/aromatic N) is 1. The number of benzene rings is 1. The SMILES string of the molecule is Cl.O=C(c1ccc2c(c1)CCN2)N1CCCC1C1CCCC1. The number of carbonyl (C=O) groups excluding carboxylic acids is 1. The lowest BCUT2D eigenvalue weighted by atomic mass is 9.95. The van der Waals surface area contributed by atoms with E-state index in [9.17, 15) is 4.79 Å². The predicted molar refractivity (Wildman–Crippen MR) is 91.9 cm³/mol. The van der Waals surface area contributed by atoms with E-state index in [1.807, 2.05) is 6.07 Å². The monoisotopic (exact) mass is 320 g/mol. The lowest BCUT2D eigenvalue weighted by molar-refractivity contribution is 0.0689. The van der Waals surface area contributed by atoms with E-state index in [4.69, 9.17) is 0 Å².